The molecule has 4 heterocycles. The number of rotatable bonds is 26. The molecule has 9 aromatic rings. The van der Waals surface area contributed by atoms with Crippen LogP contribution in [0, 0.1) is 13.8 Å². The number of methoxy groups -OCH3 is 4. The van der Waals surface area contributed by atoms with Crippen LogP contribution in [-0.2, 0) is 25.9 Å². The fraction of sp³-hybridized carbons (Fsp3) is 0.375. The summed E-state index contributed by atoms with van der Waals surface area (Å²) in [6, 6.07) is 46.3. The summed E-state index contributed by atoms with van der Waals surface area (Å²) in [5.74, 6) is 1.61. The lowest BCUT2D eigenvalue weighted by molar-refractivity contribution is 0.0539. The number of aliphatic hydroxyl groups is 2. The maximum Gasteiger partial charge on any atom is 0.274 e. The molecule has 0 bridgehead atoms. The summed E-state index contributed by atoms with van der Waals surface area (Å²) in [5.41, 5.74) is 12.0. The van der Waals surface area contributed by atoms with E-state index < -0.39 is 6.04 Å². The summed E-state index contributed by atoms with van der Waals surface area (Å²) in [4.78, 5) is 64.2. The van der Waals surface area contributed by atoms with E-state index in [4.69, 9.17) is 29.1 Å². The molecule has 2 aromatic heterocycles. The highest BCUT2D eigenvalue weighted by Gasteiger charge is 2.35. The van der Waals surface area contributed by atoms with Crippen molar-refractivity contribution in [1.82, 2.24) is 39.2 Å². The highest BCUT2D eigenvalue weighted by molar-refractivity contribution is 6.01. The number of amides is 4. The van der Waals surface area contributed by atoms with E-state index >= 15 is 0 Å². The molecule has 0 radical (unpaired) electrons. The van der Waals surface area contributed by atoms with Crippen LogP contribution in [0.1, 0.15) is 154 Å². The van der Waals surface area contributed by atoms with E-state index in [2.05, 4.69) is 52.0 Å². The number of carbonyl (C=O) groups excluding carboxylic acids is 4. The van der Waals surface area contributed by atoms with Gasteiger partial charge in [0.05, 0.1) is 76.2 Å². The van der Waals surface area contributed by atoms with Gasteiger partial charge in [-0.2, -0.15) is 10.2 Å². The number of unbranched alkanes of at least 4 members (excludes halogenated alkanes) is 4. The van der Waals surface area contributed by atoms with Crippen molar-refractivity contribution >= 4 is 34.4 Å². The molecule has 18 heteroatoms. The molecule has 2 aliphatic rings. The second-order valence-electron chi connectivity index (χ2n) is 25.5. The molecule has 0 spiro atoms. The van der Waals surface area contributed by atoms with E-state index in [1.54, 1.807) is 53.7 Å². The number of fused-ring (bicyclic) bond motifs is 3. The molecule has 2 N–H and O–H groups in total. The number of benzene rings is 7. The molecule has 98 heavy (non-hydrogen) atoms. The quantitative estimate of drug-likeness (QED) is 0.0522. The zero-order valence-electron chi connectivity index (χ0n) is 58.5. The first-order valence-electron chi connectivity index (χ1n) is 34.5. The van der Waals surface area contributed by atoms with Gasteiger partial charge in [0.15, 0.2) is 22.9 Å². The Labute approximate surface area is 576 Å². The Bertz CT molecular complexity index is 4250. The molecule has 11 rings (SSSR count). The lowest BCUT2D eigenvalue weighted by atomic mass is 9.93. The van der Waals surface area contributed by atoms with Gasteiger partial charge in [0.25, 0.3) is 23.6 Å². The topological polar surface area (TPSA) is 194 Å². The van der Waals surface area contributed by atoms with Gasteiger partial charge in [0.2, 0.25) is 5.75 Å². The second-order valence-corrected chi connectivity index (χ2v) is 25.5. The third-order valence-corrected chi connectivity index (χ3v) is 18.9. The minimum atomic E-state index is -0.401. The highest BCUT2D eigenvalue weighted by atomic mass is 16.5. The van der Waals surface area contributed by atoms with Crippen LogP contribution in [0.2, 0.25) is 0 Å². The van der Waals surface area contributed by atoms with Crippen molar-refractivity contribution in [3.05, 3.63) is 202 Å². The maximum absolute atomic E-state index is 14.7. The number of aryl methyl sites for hydroxylation is 2. The Balaban J connectivity index is 0.000000212. The molecule has 0 saturated carbocycles. The van der Waals surface area contributed by atoms with E-state index in [-0.39, 0.29) is 42.9 Å². The van der Waals surface area contributed by atoms with E-state index in [9.17, 15) is 29.4 Å². The van der Waals surface area contributed by atoms with Crippen LogP contribution in [0.5, 0.6) is 23.0 Å². The third-order valence-electron chi connectivity index (χ3n) is 18.9. The molecular formula is C80H94N8O10. The summed E-state index contributed by atoms with van der Waals surface area (Å²) < 4.78 is 25.6. The smallest absolute Gasteiger partial charge is 0.274 e. The predicted molar refractivity (Wildman–Crippen MR) is 384 cm³/mol. The molecule has 0 aliphatic carbocycles. The van der Waals surface area contributed by atoms with Crippen molar-refractivity contribution in [2.45, 2.75) is 131 Å². The molecule has 0 unspecified atom stereocenters. The standard InChI is InChI=1S/C41H46N4O4.C39H48N4O6/c1-5-7-19-43(20-8-6-2)41(48)38-21-28(3)45(42-38)39-18-16-33(30-13-14-32-24-36(49-4)17-15-31(32)22-30)25-37(39)40(47)44-26-34-12-10-9-11-29(34)23-35(44)27-46;1-7-9-17-41(18-10-8-2)39(46)33-19-26(3)43(40-33)34-16-15-28(30-22-35(47-4)37(49-6)36(23-30)48-5)21-32(34)38(45)42-24-29-14-12-11-13-27(29)20-31(42)25-44/h9-18,21-22,24-25,35,46H,5-8,19-20,23,26-27H2,1-4H3;11-16,19,21-23,31,44H,7-10,17-18,20,24-25H2,1-6H3/t35-;31-/m00/s1. The third kappa shape index (κ3) is 15.6. The normalized spacial score (nSPS) is 14.0. The van der Waals surface area contributed by atoms with Gasteiger partial charge in [-0.05, 0) is 174 Å². The first kappa shape index (κ1) is 71.0. The number of aromatic nitrogens is 4. The number of hydrogen-bond acceptors (Lipinski definition) is 12. The van der Waals surface area contributed by atoms with Gasteiger partial charge in [0, 0.05) is 50.7 Å². The van der Waals surface area contributed by atoms with Crippen LogP contribution in [0.25, 0.3) is 44.4 Å². The van der Waals surface area contributed by atoms with Crippen molar-refractivity contribution in [2.24, 2.45) is 0 Å². The number of aliphatic hydroxyl groups excluding tert-OH is 2. The number of carbonyl (C=O) groups is 4. The van der Waals surface area contributed by atoms with Gasteiger partial charge in [0.1, 0.15) is 5.75 Å². The zero-order chi connectivity index (χ0) is 69.6. The monoisotopic (exact) mass is 1330 g/mol. The van der Waals surface area contributed by atoms with E-state index in [0.717, 1.165) is 124 Å². The summed E-state index contributed by atoms with van der Waals surface area (Å²) in [6.45, 7) is 15.5. The van der Waals surface area contributed by atoms with Gasteiger partial charge in [-0.1, -0.05) is 132 Å². The lowest BCUT2D eigenvalue weighted by Gasteiger charge is -2.36. The van der Waals surface area contributed by atoms with Crippen molar-refractivity contribution in [3.63, 3.8) is 0 Å². The van der Waals surface area contributed by atoms with Crippen LogP contribution < -0.4 is 18.9 Å². The largest absolute Gasteiger partial charge is 0.497 e. The average molecular weight is 1330 g/mol. The minimum absolute atomic E-state index is 0.0889. The average Bonchev–Trinajstić information content (AvgIpc) is 0.994. The highest BCUT2D eigenvalue weighted by Crippen LogP contribution is 2.42. The van der Waals surface area contributed by atoms with Crippen LogP contribution in [-0.4, -0.2) is 153 Å². The molecule has 514 valence electrons. The Hall–Kier alpha value is -9.78. The molecule has 0 fully saturated rings. The fourth-order valence-corrected chi connectivity index (χ4v) is 13.2. The molecular weight excluding hydrogens is 1230 g/mol. The van der Waals surface area contributed by atoms with Gasteiger partial charge >= 0.3 is 0 Å². The molecule has 2 aliphatic heterocycles. The predicted octanol–water partition coefficient (Wildman–Crippen LogP) is 14.1. The second kappa shape index (κ2) is 33.0. The van der Waals surface area contributed by atoms with Crippen molar-refractivity contribution in [1.29, 1.82) is 0 Å². The van der Waals surface area contributed by atoms with E-state index in [1.807, 2.05) is 139 Å². The van der Waals surface area contributed by atoms with Gasteiger partial charge < -0.3 is 48.8 Å². The number of hydrogen-bond donors (Lipinski definition) is 2. The number of nitrogens with zero attached hydrogens (tertiary/aromatic N) is 8. The Morgan fingerprint density at radius 3 is 1.27 bits per heavy atom. The molecule has 4 amide bonds. The fourth-order valence-electron chi connectivity index (χ4n) is 13.2. The summed E-state index contributed by atoms with van der Waals surface area (Å²) in [6.07, 6.45) is 8.81. The van der Waals surface area contributed by atoms with Gasteiger partial charge in [-0.15, -0.1) is 0 Å². The van der Waals surface area contributed by atoms with Crippen molar-refractivity contribution in [3.8, 4) is 56.6 Å². The summed E-state index contributed by atoms with van der Waals surface area (Å²) in [5, 5.41) is 32.7. The SMILES string of the molecule is CCCCN(CCCC)C(=O)c1cc(C)n(-c2ccc(-c3cc(OC)c(OC)c(OC)c3)cc2C(=O)N2Cc3ccccc3C[C@H]2CO)n1.CCCCN(CCCC)C(=O)c1cc(C)n(-c2ccc(-c3ccc4cc(OC)ccc4c3)cc2C(=O)N2Cc3ccccc3C[C@H]2CO)n1. The van der Waals surface area contributed by atoms with Crippen molar-refractivity contribution in [2.75, 3.05) is 67.8 Å². The van der Waals surface area contributed by atoms with Gasteiger partial charge in [-0.3, -0.25) is 19.2 Å². The Morgan fingerprint density at radius 2 is 0.857 bits per heavy atom. The molecule has 2 atom stereocenters. The van der Waals surface area contributed by atoms with E-state index in [1.165, 1.54) is 0 Å². The molecule has 0 saturated heterocycles. The maximum atomic E-state index is 14.7. The van der Waals surface area contributed by atoms with Crippen LogP contribution in [0.15, 0.2) is 146 Å². The van der Waals surface area contributed by atoms with Crippen LogP contribution >= 0.6 is 0 Å². The van der Waals surface area contributed by atoms with Gasteiger partial charge in [-0.25, -0.2) is 9.36 Å². The first-order chi connectivity index (χ1) is 47.6. The van der Waals surface area contributed by atoms with Crippen LogP contribution in [0.4, 0.5) is 0 Å². The number of ether oxygens (including phenoxy) is 4. The summed E-state index contributed by atoms with van der Waals surface area (Å²) >= 11 is 0. The molecule has 7 aromatic carbocycles. The summed E-state index contributed by atoms with van der Waals surface area (Å²) in [7, 11) is 6.34. The van der Waals surface area contributed by atoms with Crippen molar-refractivity contribution < 1.29 is 48.3 Å². The van der Waals surface area contributed by atoms with Crippen LogP contribution in [0.3, 0.4) is 0 Å². The molecule has 18 nitrogen and oxygen atoms in total. The minimum Gasteiger partial charge on any atom is -0.497 e. The van der Waals surface area contributed by atoms with E-state index in [0.29, 0.717) is 103 Å². The Morgan fingerprint density at radius 1 is 0.459 bits per heavy atom. The zero-order valence-corrected chi connectivity index (χ0v) is 58.5. The lowest BCUT2D eigenvalue weighted by Crippen LogP contribution is -2.46. The Kier molecular flexibility index (Phi) is 23.9. The first-order valence-corrected chi connectivity index (χ1v) is 34.5.